The fourth-order valence-electron chi connectivity index (χ4n) is 1.03. The van der Waals surface area contributed by atoms with Crippen LogP contribution in [0.2, 0.25) is 0 Å². The van der Waals surface area contributed by atoms with Crippen LogP contribution in [0.15, 0.2) is 0 Å². The fraction of sp³-hybridized carbons (Fsp3) is 0.667. The summed E-state index contributed by atoms with van der Waals surface area (Å²) < 4.78 is 9.36. The highest BCUT2D eigenvalue weighted by atomic mass is 32.2. The smallest absolute Gasteiger partial charge is 0.302 e. The van der Waals surface area contributed by atoms with Crippen molar-refractivity contribution in [3.05, 3.63) is 0 Å². The zero-order valence-corrected chi connectivity index (χ0v) is 13.1. The second kappa shape index (κ2) is 11.8. The largest absolute Gasteiger partial charge is 0.465 e. The summed E-state index contributed by atoms with van der Waals surface area (Å²) in [6, 6.07) is 0. The van der Waals surface area contributed by atoms with Crippen molar-refractivity contribution >= 4 is 45.7 Å². The second-order valence-electron chi connectivity index (χ2n) is 3.62. The standard InChI is InChI=1S/C12H18O6S2/c1-9(13)17-5-7-19-11(15)3-4-12(16)20-8-6-18-10(2)14/h3-8H2,1-2H3. The number of esters is 2. The fourth-order valence-corrected chi connectivity index (χ4v) is 2.31. The van der Waals surface area contributed by atoms with Gasteiger partial charge in [-0.3, -0.25) is 19.2 Å². The van der Waals surface area contributed by atoms with Crippen molar-refractivity contribution in [1.29, 1.82) is 0 Å². The van der Waals surface area contributed by atoms with E-state index in [1.807, 2.05) is 0 Å². The van der Waals surface area contributed by atoms with Gasteiger partial charge in [-0.05, 0) is 0 Å². The van der Waals surface area contributed by atoms with E-state index in [4.69, 9.17) is 0 Å². The summed E-state index contributed by atoms with van der Waals surface area (Å²) in [6.45, 7) is 2.99. The maximum atomic E-state index is 11.4. The third kappa shape index (κ3) is 13.4. The van der Waals surface area contributed by atoms with Gasteiger partial charge in [-0.1, -0.05) is 23.5 Å². The average molecular weight is 322 g/mol. The molecule has 0 amide bonds. The van der Waals surface area contributed by atoms with Crippen LogP contribution in [-0.4, -0.2) is 46.9 Å². The van der Waals surface area contributed by atoms with Crippen LogP contribution in [0.3, 0.4) is 0 Å². The topological polar surface area (TPSA) is 86.7 Å². The van der Waals surface area contributed by atoms with E-state index in [1.54, 1.807) is 0 Å². The molecule has 0 N–H and O–H groups in total. The molecule has 0 bridgehead atoms. The molecular weight excluding hydrogens is 304 g/mol. The molecule has 0 aromatic rings. The van der Waals surface area contributed by atoms with Gasteiger partial charge in [0.2, 0.25) is 0 Å². The Morgan fingerprint density at radius 3 is 1.40 bits per heavy atom. The summed E-state index contributed by atoms with van der Waals surface area (Å²) in [5.41, 5.74) is 0. The normalized spacial score (nSPS) is 9.90. The average Bonchev–Trinajstić information content (AvgIpc) is 2.37. The molecule has 6 nitrogen and oxygen atoms in total. The number of hydrogen-bond donors (Lipinski definition) is 0. The molecule has 114 valence electrons. The predicted molar refractivity (Wildman–Crippen MR) is 77.4 cm³/mol. The number of ether oxygens (including phenoxy) is 2. The first kappa shape index (κ1) is 19.0. The Morgan fingerprint density at radius 1 is 0.750 bits per heavy atom. The third-order valence-corrected chi connectivity index (χ3v) is 3.63. The number of rotatable bonds is 9. The van der Waals surface area contributed by atoms with E-state index in [0.717, 1.165) is 23.5 Å². The molecule has 0 fully saturated rings. The first-order chi connectivity index (χ1) is 9.41. The lowest BCUT2D eigenvalue weighted by Gasteiger charge is -2.02. The van der Waals surface area contributed by atoms with Gasteiger partial charge in [-0.15, -0.1) is 0 Å². The molecule has 0 aromatic heterocycles. The van der Waals surface area contributed by atoms with E-state index >= 15 is 0 Å². The maximum absolute atomic E-state index is 11.4. The molecule has 0 heterocycles. The second-order valence-corrected chi connectivity index (χ2v) is 5.93. The molecule has 0 spiro atoms. The number of carbonyl (C=O) groups excluding carboxylic acids is 4. The Bertz CT molecular complexity index is 322. The van der Waals surface area contributed by atoms with Crippen molar-refractivity contribution in [2.24, 2.45) is 0 Å². The lowest BCUT2D eigenvalue weighted by molar-refractivity contribution is -0.141. The molecule has 20 heavy (non-hydrogen) atoms. The van der Waals surface area contributed by atoms with Gasteiger partial charge in [0.15, 0.2) is 10.2 Å². The molecule has 0 aliphatic rings. The summed E-state index contributed by atoms with van der Waals surface area (Å²) >= 11 is 2.09. The van der Waals surface area contributed by atoms with Crippen LogP contribution in [0.5, 0.6) is 0 Å². The molecule has 0 aromatic carbocycles. The molecule has 0 aliphatic heterocycles. The predicted octanol–water partition coefficient (Wildman–Crippen LogP) is 1.41. The van der Waals surface area contributed by atoms with Crippen LogP contribution in [-0.2, 0) is 28.7 Å². The summed E-state index contributed by atoms with van der Waals surface area (Å²) in [7, 11) is 0. The van der Waals surface area contributed by atoms with E-state index in [2.05, 4.69) is 9.47 Å². The third-order valence-electron chi connectivity index (χ3n) is 1.84. The summed E-state index contributed by atoms with van der Waals surface area (Å²) in [4.78, 5) is 43.8. The number of thioether (sulfide) groups is 2. The lowest BCUT2D eigenvalue weighted by atomic mass is 10.4. The Balaban J connectivity index is 3.50. The highest BCUT2D eigenvalue weighted by Gasteiger charge is 2.08. The SMILES string of the molecule is CC(=O)OCCSC(=O)CCC(=O)SCCOC(C)=O. The van der Waals surface area contributed by atoms with Crippen LogP contribution in [0.4, 0.5) is 0 Å². The van der Waals surface area contributed by atoms with Gasteiger partial charge in [0.05, 0.1) is 0 Å². The van der Waals surface area contributed by atoms with Crippen molar-refractivity contribution in [3.8, 4) is 0 Å². The summed E-state index contributed by atoms with van der Waals surface area (Å²) in [5.74, 6) is 0.0353. The highest BCUT2D eigenvalue weighted by molar-refractivity contribution is 8.14. The van der Waals surface area contributed by atoms with Gasteiger partial charge < -0.3 is 9.47 Å². The lowest BCUT2D eigenvalue weighted by Crippen LogP contribution is -2.06. The molecule has 8 heteroatoms. The minimum atomic E-state index is -0.377. The Labute approximate surface area is 126 Å². The van der Waals surface area contributed by atoms with Gasteiger partial charge in [0.25, 0.3) is 0 Å². The van der Waals surface area contributed by atoms with Crippen LogP contribution in [0, 0.1) is 0 Å². The minimum absolute atomic E-state index is 0.105. The molecule has 0 unspecified atom stereocenters. The van der Waals surface area contributed by atoms with Crippen molar-refractivity contribution in [1.82, 2.24) is 0 Å². The van der Waals surface area contributed by atoms with E-state index in [-0.39, 0.29) is 48.2 Å². The van der Waals surface area contributed by atoms with Crippen LogP contribution in [0.1, 0.15) is 26.7 Å². The van der Waals surface area contributed by atoms with E-state index in [1.165, 1.54) is 13.8 Å². The van der Waals surface area contributed by atoms with Gasteiger partial charge in [-0.2, -0.15) is 0 Å². The first-order valence-corrected chi connectivity index (χ1v) is 7.97. The molecular formula is C12H18O6S2. The number of carbonyl (C=O) groups is 4. The number of hydrogen-bond acceptors (Lipinski definition) is 8. The highest BCUT2D eigenvalue weighted by Crippen LogP contribution is 2.12. The van der Waals surface area contributed by atoms with Crippen LogP contribution in [0.25, 0.3) is 0 Å². The summed E-state index contributed by atoms with van der Waals surface area (Å²) in [5, 5.41) is -0.211. The minimum Gasteiger partial charge on any atom is -0.465 e. The van der Waals surface area contributed by atoms with Crippen molar-refractivity contribution < 1.29 is 28.7 Å². The first-order valence-electron chi connectivity index (χ1n) is 5.99. The molecule has 0 rings (SSSR count). The van der Waals surface area contributed by atoms with E-state index in [9.17, 15) is 19.2 Å². The van der Waals surface area contributed by atoms with Crippen molar-refractivity contribution in [2.45, 2.75) is 26.7 Å². The monoisotopic (exact) mass is 322 g/mol. The van der Waals surface area contributed by atoms with Crippen molar-refractivity contribution in [3.63, 3.8) is 0 Å². The molecule has 0 saturated heterocycles. The van der Waals surface area contributed by atoms with E-state index in [0.29, 0.717) is 11.5 Å². The van der Waals surface area contributed by atoms with Gasteiger partial charge in [-0.25, -0.2) is 0 Å². The zero-order chi connectivity index (χ0) is 15.4. The Morgan fingerprint density at radius 2 is 1.10 bits per heavy atom. The van der Waals surface area contributed by atoms with Crippen LogP contribution >= 0.6 is 23.5 Å². The Hall–Kier alpha value is -1.02. The van der Waals surface area contributed by atoms with Gasteiger partial charge in [0, 0.05) is 38.2 Å². The molecule has 0 aliphatic carbocycles. The molecule has 0 saturated carbocycles. The van der Waals surface area contributed by atoms with Crippen molar-refractivity contribution in [2.75, 3.05) is 24.7 Å². The van der Waals surface area contributed by atoms with Gasteiger partial charge in [0.1, 0.15) is 13.2 Å². The Kier molecular flexibility index (Phi) is 11.2. The van der Waals surface area contributed by atoms with Crippen LogP contribution < -0.4 is 0 Å². The van der Waals surface area contributed by atoms with E-state index < -0.39 is 0 Å². The zero-order valence-electron chi connectivity index (χ0n) is 11.5. The summed E-state index contributed by atoms with van der Waals surface area (Å²) in [6.07, 6.45) is 0.314. The molecule has 0 radical (unpaired) electrons. The maximum Gasteiger partial charge on any atom is 0.302 e. The van der Waals surface area contributed by atoms with Gasteiger partial charge >= 0.3 is 11.9 Å². The molecule has 0 atom stereocenters. The quantitative estimate of drug-likeness (QED) is 0.465.